The Balaban J connectivity index is 1.58. The number of aliphatic hydroxyl groups is 3. The highest BCUT2D eigenvalue weighted by Gasteiger charge is 2.78. The summed E-state index contributed by atoms with van der Waals surface area (Å²) >= 11 is 0. The molecule has 16 heteroatoms. The van der Waals surface area contributed by atoms with E-state index in [4.69, 9.17) is 23.7 Å². The maximum absolute atomic E-state index is 15.3. The standard InChI is InChI=1S/C40H45N3O13/c1-20-25(54-36(50)30(47)29(42-43-41)23-13-9-7-10-14-23)18-40(51)34(55-35(49)24-15-11-8-12-16-24)32-38(6,26(46)17-27-39(32,19-52-27)56-22(3)45)33(48)31(53-21(2)44)28(20)37(40,4)5/h7-16,25-27,29-32,34,46-47,51H,17-19H2,1-6H3/t25-,26-,27+,29-,30+,31+,32?,34-,38+,39-,40+/m0/s1. The van der Waals surface area contributed by atoms with Gasteiger partial charge in [-0.2, -0.15) is 0 Å². The van der Waals surface area contributed by atoms with Crippen molar-refractivity contribution in [3.05, 3.63) is 93.4 Å². The lowest BCUT2D eigenvalue weighted by Gasteiger charge is -2.67. The van der Waals surface area contributed by atoms with E-state index in [9.17, 15) is 40.0 Å². The lowest BCUT2D eigenvalue weighted by molar-refractivity contribution is -0.346. The van der Waals surface area contributed by atoms with Crippen LogP contribution in [0.3, 0.4) is 0 Å². The molecule has 0 amide bonds. The van der Waals surface area contributed by atoms with Crippen molar-refractivity contribution >= 4 is 29.7 Å². The molecule has 0 spiro atoms. The highest BCUT2D eigenvalue weighted by Crippen LogP contribution is 2.64. The van der Waals surface area contributed by atoms with Gasteiger partial charge in [0, 0.05) is 37.0 Å². The summed E-state index contributed by atoms with van der Waals surface area (Å²) < 4.78 is 29.9. The molecule has 2 aromatic rings. The second-order valence-corrected chi connectivity index (χ2v) is 15.7. The van der Waals surface area contributed by atoms with Gasteiger partial charge in [0.2, 0.25) is 0 Å². The van der Waals surface area contributed by atoms with Crippen molar-refractivity contribution < 1.29 is 63.0 Å². The minimum atomic E-state index is -2.37. The van der Waals surface area contributed by atoms with Crippen LogP contribution in [0.4, 0.5) is 0 Å². The largest absolute Gasteiger partial charge is 0.456 e. The summed E-state index contributed by atoms with van der Waals surface area (Å²) in [7, 11) is 0. The molecule has 3 aliphatic carbocycles. The summed E-state index contributed by atoms with van der Waals surface area (Å²) in [6, 6.07) is 14.4. The Morgan fingerprint density at radius 2 is 1.59 bits per heavy atom. The molecule has 16 nitrogen and oxygen atoms in total. The lowest BCUT2D eigenvalue weighted by atomic mass is 9.44. The second-order valence-electron chi connectivity index (χ2n) is 15.7. The van der Waals surface area contributed by atoms with Gasteiger partial charge in [-0.05, 0) is 48.2 Å². The number of rotatable bonds is 9. The lowest BCUT2D eigenvalue weighted by Crippen LogP contribution is -2.82. The van der Waals surface area contributed by atoms with Gasteiger partial charge in [-0.3, -0.25) is 14.4 Å². The number of esters is 4. The SMILES string of the molecule is CC(=O)O[C@H]1C(=O)[C@@]2(C)C([C@H](OC(=O)c3ccccc3)[C@]3(O)C[C@H](OC(=O)[C@H](O)[C@@H](N=[N+]=[N-])c4ccccc4)C(C)=C1C3(C)C)[C@]1(OC(C)=O)CO[C@@H]1C[C@@H]2O. The van der Waals surface area contributed by atoms with Gasteiger partial charge in [0.25, 0.3) is 0 Å². The molecule has 3 N–H and O–H groups in total. The molecule has 3 fully saturated rings. The number of nitrogens with zero attached hydrogens (tertiary/aromatic N) is 3. The van der Waals surface area contributed by atoms with Gasteiger partial charge in [-0.1, -0.05) is 67.5 Å². The van der Waals surface area contributed by atoms with E-state index in [1.165, 1.54) is 26.0 Å². The summed E-state index contributed by atoms with van der Waals surface area (Å²) in [5, 5.41) is 40.4. The number of Topliss-reactive ketones (excluding diaryl/α,β-unsaturated/α-hetero) is 1. The van der Waals surface area contributed by atoms with Crippen molar-refractivity contribution in [3.8, 4) is 0 Å². The smallest absolute Gasteiger partial charge is 0.338 e. The van der Waals surface area contributed by atoms with Crippen LogP contribution in [0.25, 0.3) is 10.4 Å². The summed E-state index contributed by atoms with van der Waals surface area (Å²) in [5.74, 6) is -6.26. The van der Waals surface area contributed by atoms with Crippen LogP contribution in [-0.4, -0.2) is 99.4 Å². The molecule has 11 atom stereocenters. The molecule has 0 aromatic heterocycles. The first-order valence-electron chi connectivity index (χ1n) is 18.2. The zero-order valence-corrected chi connectivity index (χ0v) is 31.8. The Morgan fingerprint density at radius 3 is 2.14 bits per heavy atom. The number of ether oxygens (including phenoxy) is 5. The van der Waals surface area contributed by atoms with Crippen LogP contribution in [0.5, 0.6) is 0 Å². The van der Waals surface area contributed by atoms with E-state index in [1.807, 2.05) is 0 Å². The Hall–Kier alpha value is -5.12. The Morgan fingerprint density at radius 1 is 0.964 bits per heavy atom. The Kier molecular flexibility index (Phi) is 10.7. The van der Waals surface area contributed by atoms with Crippen LogP contribution in [0.15, 0.2) is 76.9 Å². The zero-order valence-electron chi connectivity index (χ0n) is 31.8. The molecule has 1 saturated heterocycles. The number of azide groups is 1. The van der Waals surface area contributed by atoms with Gasteiger partial charge in [-0.15, -0.1) is 0 Å². The minimum Gasteiger partial charge on any atom is -0.456 e. The highest BCUT2D eigenvalue weighted by molar-refractivity contribution is 5.95. The monoisotopic (exact) mass is 775 g/mol. The van der Waals surface area contributed by atoms with Crippen LogP contribution >= 0.6 is 0 Å². The van der Waals surface area contributed by atoms with Crippen molar-refractivity contribution in [2.45, 2.75) is 108 Å². The van der Waals surface area contributed by atoms with Gasteiger partial charge in [0.1, 0.15) is 23.9 Å². The molecule has 298 valence electrons. The molecule has 4 aliphatic rings. The molecular weight excluding hydrogens is 730 g/mol. The third-order valence-corrected chi connectivity index (χ3v) is 12.3. The fourth-order valence-corrected chi connectivity index (χ4v) is 9.37. The van der Waals surface area contributed by atoms with Crippen molar-refractivity contribution in [2.75, 3.05) is 6.61 Å². The van der Waals surface area contributed by atoms with Gasteiger partial charge in [0.15, 0.2) is 23.6 Å². The highest BCUT2D eigenvalue weighted by atomic mass is 16.6. The summed E-state index contributed by atoms with van der Waals surface area (Å²) in [6.45, 7) is 7.92. The number of hydrogen-bond donors (Lipinski definition) is 3. The first kappa shape index (κ1) is 40.5. The van der Waals surface area contributed by atoms with Gasteiger partial charge in [0.05, 0.1) is 35.6 Å². The Bertz CT molecular complexity index is 2000. The summed E-state index contributed by atoms with van der Waals surface area (Å²) in [4.78, 5) is 71.8. The number of benzene rings is 2. The molecule has 2 saturated carbocycles. The average Bonchev–Trinajstić information content (AvgIpc) is 3.15. The topological polar surface area (TPSA) is 241 Å². The molecule has 2 aromatic carbocycles. The fourth-order valence-electron chi connectivity index (χ4n) is 9.37. The number of aliphatic hydroxyl groups excluding tert-OH is 2. The number of carbonyl (C=O) groups is 5. The van der Waals surface area contributed by atoms with Crippen molar-refractivity contribution in [1.29, 1.82) is 0 Å². The molecule has 1 aliphatic heterocycles. The maximum atomic E-state index is 15.3. The molecule has 0 radical (unpaired) electrons. The van der Waals surface area contributed by atoms with Crippen molar-refractivity contribution in [2.24, 2.45) is 21.9 Å². The van der Waals surface area contributed by atoms with E-state index < -0.39 is 107 Å². The third-order valence-electron chi connectivity index (χ3n) is 12.3. The molecule has 56 heavy (non-hydrogen) atoms. The summed E-state index contributed by atoms with van der Waals surface area (Å²) in [6.07, 6.45) is -10.5. The quantitative estimate of drug-likeness (QED) is 0.0825. The number of fused-ring (bicyclic) bond motifs is 5. The van der Waals surface area contributed by atoms with Crippen molar-refractivity contribution in [1.82, 2.24) is 0 Å². The van der Waals surface area contributed by atoms with Crippen LogP contribution in [0.2, 0.25) is 0 Å². The first-order chi connectivity index (χ1) is 26.3. The van der Waals surface area contributed by atoms with Crippen LogP contribution < -0.4 is 0 Å². The maximum Gasteiger partial charge on any atom is 0.338 e. The first-order valence-corrected chi connectivity index (χ1v) is 18.2. The van der Waals surface area contributed by atoms with E-state index >= 15 is 4.79 Å². The molecular formula is C40H45N3O13. The number of ketones is 1. The second kappa shape index (κ2) is 14.8. The third kappa shape index (κ3) is 6.35. The number of hydrogen-bond acceptors (Lipinski definition) is 14. The predicted molar refractivity (Wildman–Crippen MR) is 193 cm³/mol. The summed E-state index contributed by atoms with van der Waals surface area (Å²) in [5.41, 5.74) is 2.01. The average molecular weight is 776 g/mol. The number of carbonyl (C=O) groups excluding carboxylic acids is 5. The van der Waals surface area contributed by atoms with E-state index in [0.29, 0.717) is 5.56 Å². The van der Waals surface area contributed by atoms with E-state index in [1.54, 1.807) is 62.4 Å². The van der Waals surface area contributed by atoms with Gasteiger partial charge < -0.3 is 39.0 Å². The predicted octanol–water partition coefficient (Wildman–Crippen LogP) is 3.62. The molecule has 6 rings (SSSR count). The fraction of sp³-hybridized carbons (Fsp3) is 0.525. The van der Waals surface area contributed by atoms with Gasteiger partial charge >= 0.3 is 23.9 Å². The molecule has 1 heterocycles. The van der Waals surface area contributed by atoms with Gasteiger partial charge in [-0.25, -0.2) is 9.59 Å². The van der Waals surface area contributed by atoms with Crippen molar-refractivity contribution in [3.63, 3.8) is 0 Å². The van der Waals surface area contributed by atoms with Crippen LogP contribution in [-0.2, 0) is 42.9 Å². The zero-order chi connectivity index (χ0) is 41.0. The van der Waals surface area contributed by atoms with Crippen LogP contribution in [0.1, 0.15) is 76.3 Å². The van der Waals surface area contributed by atoms with E-state index in [0.717, 1.165) is 13.8 Å². The van der Waals surface area contributed by atoms with E-state index in [-0.39, 0.29) is 29.7 Å². The molecule has 1 unspecified atom stereocenters. The minimum absolute atomic E-state index is 0.00505. The Labute approximate surface area is 322 Å². The van der Waals surface area contributed by atoms with E-state index in [2.05, 4.69) is 10.0 Å². The molecule has 2 bridgehead atoms. The normalized spacial score (nSPS) is 34.0. The van der Waals surface area contributed by atoms with Crippen LogP contribution in [0, 0.1) is 16.7 Å².